The van der Waals surface area contributed by atoms with Gasteiger partial charge in [0, 0.05) is 31.5 Å². The highest BCUT2D eigenvalue weighted by Crippen LogP contribution is 2.30. The summed E-state index contributed by atoms with van der Waals surface area (Å²) >= 11 is 0. The third-order valence-corrected chi connectivity index (χ3v) is 5.14. The van der Waals surface area contributed by atoms with Crippen LogP contribution in [0.15, 0.2) is 18.6 Å². The van der Waals surface area contributed by atoms with Gasteiger partial charge >= 0.3 is 0 Å². The van der Waals surface area contributed by atoms with Crippen molar-refractivity contribution in [3.8, 4) is 11.8 Å². The van der Waals surface area contributed by atoms with Crippen LogP contribution < -0.4 is 14.4 Å². The highest BCUT2D eigenvalue weighted by atomic mass is 16.5. The molecule has 27 heavy (non-hydrogen) atoms. The number of methoxy groups -OCH3 is 1. The van der Waals surface area contributed by atoms with Crippen molar-refractivity contribution in [2.24, 2.45) is 0 Å². The number of likely N-dealkylation sites (tertiary alicyclic amines) is 1. The van der Waals surface area contributed by atoms with E-state index in [0.29, 0.717) is 24.8 Å². The van der Waals surface area contributed by atoms with E-state index >= 15 is 0 Å². The van der Waals surface area contributed by atoms with Crippen molar-refractivity contribution in [3.05, 3.63) is 35.4 Å². The zero-order valence-corrected chi connectivity index (χ0v) is 15.6. The van der Waals surface area contributed by atoms with E-state index in [2.05, 4.69) is 25.9 Å². The van der Waals surface area contributed by atoms with Crippen molar-refractivity contribution in [2.75, 3.05) is 31.6 Å². The topological polar surface area (TPSA) is 80.7 Å². The molecule has 0 aliphatic carbocycles. The molecule has 1 unspecified atom stereocenters. The summed E-state index contributed by atoms with van der Waals surface area (Å²) in [4.78, 5) is 28.1. The minimum Gasteiger partial charge on any atom is -0.481 e. The molecular formula is C19H23N5O3. The molecule has 4 rings (SSSR count). The minimum absolute atomic E-state index is 0.0190. The number of pyridine rings is 1. The Kier molecular flexibility index (Phi) is 4.79. The lowest BCUT2D eigenvalue weighted by Crippen LogP contribution is -2.32. The molecule has 2 aliphatic rings. The van der Waals surface area contributed by atoms with Gasteiger partial charge in [-0.05, 0) is 13.0 Å². The van der Waals surface area contributed by atoms with Crippen LogP contribution in [0.1, 0.15) is 23.2 Å². The van der Waals surface area contributed by atoms with E-state index in [-0.39, 0.29) is 6.10 Å². The number of aryl methyl sites for hydroxylation is 1. The van der Waals surface area contributed by atoms with Crippen molar-refractivity contribution in [2.45, 2.75) is 32.4 Å². The molecule has 1 fully saturated rings. The normalized spacial score (nSPS) is 19.0. The molecule has 2 aliphatic heterocycles. The second kappa shape index (κ2) is 7.38. The van der Waals surface area contributed by atoms with Crippen molar-refractivity contribution < 1.29 is 14.3 Å². The van der Waals surface area contributed by atoms with Crippen LogP contribution in [-0.2, 0) is 17.8 Å². The number of rotatable bonds is 5. The van der Waals surface area contributed by atoms with Crippen LogP contribution in [0.25, 0.3) is 0 Å². The summed E-state index contributed by atoms with van der Waals surface area (Å²) in [5, 5.41) is 0. The van der Waals surface area contributed by atoms with E-state index in [9.17, 15) is 4.79 Å². The van der Waals surface area contributed by atoms with Crippen molar-refractivity contribution in [3.63, 3.8) is 0 Å². The van der Waals surface area contributed by atoms with Crippen LogP contribution >= 0.6 is 0 Å². The number of amides is 1. The smallest absolute Gasteiger partial charge is 0.222 e. The van der Waals surface area contributed by atoms with Gasteiger partial charge in [-0.2, -0.15) is 0 Å². The largest absolute Gasteiger partial charge is 0.481 e. The maximum Gasteiger partial charge on any atom is 0.222 e. The van der Waals surface area contributed by atoms with Gasteiger partial charge in [0.25, 0.3) is 0 Å². The Morgan fingerprint density at radius 1 is 1.22 bits per heavy atom. The van der Waals surface area contributed by atoms with E-state index in [1.54, 1.807) is 18.3 Å². The summed E-state index contributed by atoms with van der Waals surface area (Å²) in [6, 6.07) is 2.08. The molecule has 0 spiro atoms. The Labute approximate surface area is 158 Å². The first-order chi connectivity index (χ1) is 13.2. The molecule has 2 aromatic rings. The van der Waals surface area contributed by atoms with Gasteiger partial charge in [-0.1, -0.05) is 0 Å². The average Bonchev–Trinajstić information content (AvgIpc) is 3.15. The molecule has 8 nitrogen and oxygen atoms in total. The SMILES string of the molecule is COc1ncc(N2CCc3ncnc(OC4CCN(C=O)C4)c3C2)cc1C. The number of nitrogens with zero attached hydrogens (tertiary/aromatic N) is 5. The molecule has 0 bridgehead atoms. The Balaban J connectivity index is 1.55. The fourth-order valence-corrected chi connectivity index (χ4v) is 3.68. The summed E-state index contributed by atoms with van der Waals surface area (Å²) in [5.41, 5.74) is 4.09. The average molecular weight is 369 g/mol. The summed E-state index contributed by atoms with van der Waals surface area (Å²) in [7, 11) is 1.63. The second-order valence-corrected chi connectivity index (χ2v) is 6.92. The van der Waals surface area contributed by atoms with E-state index in [4.69, 9.17) is 9.47 Å². The first-order valence-electron chi connectivity index (χ1n) is 9.12. The highest BCUT2D eigenvalue weighted by molar-refractivity contribution is 5.52. The first-order valence-corrected chi connectivity index (χ1v) is 9.12. The molecule has 2 aromatic heterocycles. The van der Waals surface area contributed by atoms with E-state index in [1.165, 1.54) is 0 Å². The van der Waals surface area contributed by atoms with Crippen molar-refractivity contribution in [1.29, 1.82) is 0 Å². The predicted octanol–water partition coefficient (Wildman–Crippen LogP) is 1.36. The molecule has 0 N–H and O–H groups in total. The van der Waals surface area contributed by atoms with Crippen LogP contribution in [0.4, 0.5) is 5.69 Å². The molecule has 1 atom stereocenters. The molecule has 1 amide bonds. The molecule has 0 saturated carbocycles. The lowest BCUT2D eigenvalue weighted by atomic mass is 10.1. The van der Waals surface area contributed by atoms with Gasteiger partial charge in [-0.15, -0.1) is 0 Å². The Hall–Kier alpha value is -2.90. The fraction of sp³-hybridized carbons (Fsp3) is 0.474. The Bertz CT molecular complexity index is 844. The molecule has 4 heterocycles. The van der Waals surface area contributed by atoms with E-state index in [0.717, 1.165) is 54.8 Å². The Morgan fingerprint density at radius 3 is 2.85 bits per heavy atom. The number of hydrogen-bond donors (Lipinski definition) is 0. The fourth-order valence-electron chi connectivity index (χ4n) is 3.68. The minimum atomic E-state index is -0.0190. The number of fused-ring (bicyclic) bond motifs is 1. The predicted molar refractivity (Wildman–Crippen MR) is 99.0 cm³/mol. The van der Waals surface area contributed by atoms with Gasteiger partial charge in [-0.3, -0.25) is 4.79 Å². The quantitative estimate of drug-likeness (QED) is 0.736. The molecule has 0 radical (unpaired) electrons. The molecule has 8 heteroatoms. The second-order valence-electron chi connectivity index (χ2n) is 6.92. The van der Waals surface area contributed by atoms with Crippen LogP contribution in [0.2, 0.25) is 0 Å². The number of anilines is 1. The van der Waals surface area contributed by atoms with Gasteiger partial charge in [0.1, 0.15) is 12.4 Å². The van der Waals surface area contributed by atoms with Crippen molar-refractivity contribution >= 4 is 12.1 Å². The van der Waals surface area contributed by atoms with Crippen LogP contribution in [0.3, 0.4) is 0 Å². The number of ether oxygens (including phenoxy) is 2. The van der Waals surface area contributed by atoms with Gasteiger partial charge in [0.2, 0.25) is 18.2 Å². The third-order valence-electron chi connectivity index (χ3n) is 5.14. The van der Waals surface area contributed by atoms with Gasteiger partial charge in [-0.25, -0.2) is 15.0 Å². The summed E-state index contributed by atoms with van der Waals surface area (Å²) in [6.07, 6.45) is 5.90. The summed E-state index contributed by atoms with van der Waals surface area (Å²) in [6.45, 7) is 4.85. The molecular weight excluding hydrogens is 346 g/mol. The number of hydrogen-bond acceptors (Lipinski definition) is 7. The zero-order chi connectivity index (χ0) is 18.8. The highest BCUT2D eigenvalue weighted by Gasteiger charge is 2.27. The molecule has 142 valence electrons. The summed E-state index contributed by atoms with van der Waals surface area (Å²) in [5.74, 6) is 1.27. The first kappa shape index (κ1) is 17.5. The lowest BCUT2D eigenvalue weighted by molar-refractivity contribution is -0.117. The third kappa shape index (κ3) is 3.51. The molecule has 0 aromatic carbocycles. The van der Waals surface area contributed by atoms with E-state index in [1.807, 2.05) is 13.1 Å². The van der Waals surface area contributed by atoms with Crippen LogP contribution in [-0.4, -0.2) is 59.1 Å². The van der Waals surface area contributed by atoms with Crippen molar-refractivity contribution in [1.82, 2.24) is 19.9 Å². The van der Waals surface area contributed by atoms with Crippen LogP contribution in [0, 0.1) is 6.92 Å². The van der Waals surface area contributed by atoms with Gasteiger partial charge in [0.15, 0.2) is 0 Å². The zero-order valence-electron chi connectivity index (χ0n) is 15.6. The number of carbonyl (C=O) groups is 1. The van der Waals surface area contributed by atoms with Gasteiger partial charge < -0.3 is 19.3 Å². The maximum atomic E-state index is 10.9. The van der Waals surface area contributed by atoms with Gasteiger partial charge in [0.05, 0.1) is 43.3 Å². The standard InChI is InChI=1S/C19H23N5O3/c1-13-7-14(8-20-18(13)26-2)24-6-4-17-16(10-24)19(22-11-21-17)27-15-3-5-23(9-15)12-25/h7-8,11-12,15H,3-6,9-10H2,1-2H3. The van der Waals surface area contributed by atoms with E-state index < -0.39 is 0 Å². The molecule has 1 saturated heterocycles. The maximum absolute atomic E-state index is 10.9. The monoisotopic (exact) mass is 369 g/mol. The number of aromatic nitrogens is 3. The number of carbonyl (C=O) groups excluding carboxylic acids is 1. The lowest BCUT2D eigenvalue weighted by Gasteiger charge is -2.31. The Morgan fingerprint density at radius 2 is 2.11 bits per heavy atom. The summed E-state index contributed by atoms with van der Waals surface area (Å²) < 4.78 is 11.4. The van der Waals surface area contributed by atoms with Crippen LogP contribution in [0.5, 0.6) is 11.8 Å².